The summed E-state index contributed by atoms with van der Waals surface area (Å²) in [5, 5.41) is 3.36. The molecule has 3 N–H and O–H groups in total. The van der Waals surface area contributed by atoms with Crippen LogP contribution in [-0.4, -0.2) is 29.2 Å². The first-order valence-corrected chi connectivity index (χ1v) is 6.19. The van der Waals surface area contributed by atoms with E-state index in [2.05, 4.69) is 17.2 Å². The molecule has 0 bridgehead atoms. The first-order chi connectivity index (χ1) is 8.18. The van der Waals surface area contributed by atoms with Crippen molar-refractivity contribution in [2.75, 3.05) is 18.5 Å². The molecule has 2 unspecified atom stereocenters. The zero-order valence-electron chi connectivity index (χ0n) is 9.85. The summed E-state index contributed by atoms with van der Waals surface area (Å²) >= 11 is 4.97. The van der Waals surface area contributed by atoms with Crippen molar-refractivity contribution < 1.29 is 4.74 Å². The highest BCUT2D eigenvalue weighted by atomic mass is 32.1. The number of anilines is 1. The maximum absolute atomic E-state index is 5.63. The van der Waals surface area contributed by atoms with E-state index in [1.165, 1.54) is 0 Å². The van der Waals surface area contributed by atoms with Gasteiger partial charge in [0.1, 0.15) is 10.7 Å². The fourth-order valence-electron chi connectivity index (χ4n) is 2.03. The number of hydrogen-bond donors (Lipinski definition) is 2. The predicted molar refractivity (Wildman–Crippen MR) is 72.1 cm³/mol. The summed E-state index contributed by atoms with van der Waals surface area (Å²) < 4.78 is 5.53. The van der Waals surface area contributed by atoms with Gasteiger partial charge in [-0.2, -0.15) is 0 Å². The lowest BCUT2D eigenvalue weighted by atomic mass is 10.0. The molecule has 0 spiro atoms. The van der Waals surface area contributed by atoms with Crippen molar-refractivity contribution in [3.05, 3.63) is 24.0 Å². The number of hydrogen-bond acceptors (Lipinski definition) is 4. The number of nitrogens with two attached hydrogens (primary N) is 1. The molecule has 2 atom stereocenters. The molecule has 0 aliphatic carbocycles. The quantitative estimate of drug-likeness (QED) is 0.795. The van der Waals surface area contributed by atoms with Gasteiger partial charge >= 0.3 is 0 Å². The molecule has 4 nitrogen and oxygen atoms in total. The zero-order valence-corrected chi connectivity index (χ0v) is 10.7. The Labute approximate surface area is 107 Å². The minimum Gasteiger partial charge on any atom is -0.388 e. The molecule has 1 aliphatic rings. The van der Waals surface area contributed by atoms with Gasteiger partial charge in [0.15, 0.2) is 0 Å². The minimum absolute atomic E-state index is 0.312. The van der Waals surface area contributed by atoms with E-state index in [4.69, 9.17) is 22.7 Å². The smallest absolute Gasteiger partial charge is 0.124 e. The largest absolute Gasteiger partial charge is 0.388 e. The molecule has 1 aliphatic heterocycles. The van der Waals surface area contributed by atoms with Crippen LogP contribution >= 0.6 is 12.2 Å². The lowest BCUT2D eigenvalue weighted by Crippen LogP contribution is -2.22. The van der Waals surface area contributed by atoms with E-state index in [1.807, 2.05) is 12.1 Å². The van der Waals surface area contributed by atoms with E-state index in [1.54, 1.807) is 6.20 Å². The summed E-state index contributed by atoms with van der Waals surface area (Å²) in [7, 11) is 0. The van der Waals surface area contributed by atoms with Crippen molar-refractivity contribution in [2.24, 2.45) is 11.7 Å². The molecule has 0 amide bonds. The first-order valence-electron chi connectivity index (χ1n) is 5.79. The van der Waals surface area contributed by atoms with Crippen molar-refractivity contribution in [3.63, 3.8) is 0 Å². The molecule has 1 saturated heterocycles. The molecule has 0 saturated carbocycles. The molecule has 2 rings (SSSR count). The summed E-state index contributed by atoms with van der Waals surface area (Å²) in [5.41, 5.74) is 7.19. The molecule has 17 heavy (non-hydrogen) atoms. The molecule has 2 heterocycles. The van der Waals surface area contributed by atoms with Crippen LogP contribution in [0.2, 0.25) is 0 Å². The van der Waals surface area contributed by atoms with Gasteiger partial charge in [-0.1, -0.05) is 12.2 Å². The van der Waals surface area contributed by atoms with Crippen LogP contribution in [-0.2, 0) is 4.74 Å². The first kappa shape index (κ1) is 12.3. The van der Waals surface area contributed by atoms with Crippen molar-refractivity contribution in [2.45, 2.75) is 19.4 Å². The third kappa shape index (κ3) is 2.92. The van der Waals surface area contributed by atoms with Gasteiger partial charge in [-0.05, 0) is 25.5 Å². The number of pyridine rings is 1. The number of ether oxygens (including phenoxy) is 1. The molecule has 5 heteroatoms. The Balaban J connectivity index is 2.01. The van der Waals surface area contributed by atoms with Crippen molar-refractivity contribution >= 4 is 22.9 Å². The van der Waals surface area contributed by atoms with Gasteiger partial charge in [0, 0.05) is 25.3 Å². The second kappa shape index (κ2) is 5.42. The number of rotatable bonds is 4. The van der Waals surface area contributed by atoms with Crippen LogP contribution in [0.3, 0.4) is 0 Å². The molecular weight excluding hydrogens is 234 g/mol. The highest BCUT2D eigenvalue weighted by molar-refractivity contribution is 7.80. The number of nitrogens with zero attached hydrogens (tertiary/aromatic N) is 1. The van der Waals surface area contributed by atoms with Gasteiger partial charge < -0.3 is 15.8 Å². The highest BCUT2D eigenvalue weighted by Crippen LogP contribution is 2.21. The maximum Gasteiger partial charge on any atom is 0.124 e. The molecule has 0 radical (unpaired) electrons. The van der Waals surface area contributed by atoms with Gasteiger partial charge in [-0.25, -0.2) is 0 Å². The van der Waals surface area contributed by atoms with E-state index in [0.717, 1.165) is 25.3 Å². The van der Waals surface area contributed by atoms with E-state index < -0.39 is 0 Å². The number of aromatic nitrogens is 1. The highest BCUT2D eigenvalue weighted by Gasteiger charge is 2.24. The van der Waals surface area contributed by atoms with Gasteiger partial charge in [0.25, 0.3) is 0 Å². The van der Waals surface area contributed by atoms with E-state index in [-0.39, 0.29) is 0 Å². The fourth-order valence-corrected chi connectivity index (χ4v) is 2.19. The van der Waals surface area contributed by atoms with Crippen LogP contribution in [0.1, 0.15) is 19.0 Å². The molecule has 1 aromatic rings. The lowest BCUT2D eigenvalue weighted by molar-refractivity contribution is 0.108. The molecule has 0 aromatic carbocycles. The Hall–Kier alpha value is -1.20. The Morgan fingerprint density at radius 3 is 3.18 bits per heavy atom. The van der Waals surface area contributed by atoms with Crippen molar-refractivity contribution in [1.82, 2.24) is 4.98 Å². The summed E-state index contributed by atoms with van der Waals surface area (Å²) in [5.74, 6) is 0.536. The predicted octanol–water partition coefficient (Wildman–Crippen LogP) is 1.55. The maximum atomic E-state index is 5.63. The molecular formula is C12H17N3OS. The van der Waals surface area contributed by atoms with E-state index >= 15 is 0 Å². The Bertz CT molecular complexity index is 410. The third-order valence-corrected chi connectivity index (χ3v) is 3.32. The molecule has 92 valence electrons. The van der Waals surface area contributed by atoms with Crippen molar-refractivity contribution in [3.8, 4) is 0 Å². The average Bonchev–Trinajstić information content (AvgIpc) is 2.72. The SMILES string of the molecule is CC1OCCC1CNc1cccnc1C(N)=S. The second-order valence-corrected chi connectivity index (χ2v) is 4.71. The van der Waals surface area contributed by atoms with Crippen LogP contribution in [0.25, 0.3) is 0 Å². The summed E-state index contributed by atoms with van der Waals surface area (Å²) in [6.45, 7) is 3.82. The number of nitrogens with one attached hydrogen (secondary N) is 1. The van der Waals surface area contributed by atoms with Crippen LogP contribution in [0.15, 0.2) is 18.3 Å². The third-order valence-electron chi connectivity index (χ3n) is 3.13. The number of thiocarbonyl (C=S) groups is 1. The molecule has 1 aromatic heterocycles. The Kier molecular flexibility index (Phi) is 3.91. The normalized spacial score (nSPS) is 23.6. The van der Waals surface area contributed by atoms with E-state index in [0.29, 0.717) is 22.7 Å². The second-order valence-electron chi connectivity index (χ2n) is 4.27. The topological polar surface area (TPSA) is 60.2 Å². The zero-order chi connectivity index (χ0) is 12.3. The minimum atomic E-state index is 0.312. The average molecular weight is 251 g/mol. The van der Waals surface area contributed by atoms with Gasteiger partial charge in [0.05, 0.1) is 11.8 Å². The summed E-state index contributed by atoms with van der Waals surface area (Å²) in [6, 6.07) is 3.82. The van der Waals surface area contributed by atoms with Gasteiger partial charge in [-0.15, -0.1) is 0 Å². The Morgan fingerprint density at radius 1 is 1.71 bits per heavy atom. The van der Waals surface area contributed by atoms with Crippen LogP contribution in [0, 0.1) is 5.92 Å². The van der Waals surface area contributed by atoms with Gasteiger partial charge in [-0.3, -0.25) is 4.98 Å². The van der Waals surface area contributed by atoms with Gasteiger partial charge in [0.2, 0.25) is 0 Å². The van der Waals surface area contributed by atoms with Crippen LogP contribution in [0.4, 0.5) is 5.69 Å². The van der Waals surface area contributed by atoms with Crippen LogP contribution < -0.4 is 11.1 Å². The summed E-state index contributed by atoms with van der Waals surface area (Å²) in [6.07, 6.45) is 3.10. The Morgan fingerprint density at radius 2 is 2.53 bits per heavy atom. The fraction of sp³-hybridized carbons (Fsp3) is 0.500. The lowest BCUT2D eigenvalue weighted by Gasteiger charge is -2.16. The molecule has 1 fully saturated rings. The van der Waals surface area contributed by atoms with Crippen molar-refractivity contribution in [1.29, 1.82) is 0 Å². The standard InChI is InChI=1S/C12H17N3OS/c1-8-9(4-6-16-8)7-15-10-3-2-5-14-11(10)12(13)17/h2-3,5,8-9,15H,4,6-7H2,1H3,(H2,13,17). The summed E-state index contributed by atoms with van der Waals surface area (Å²) in [4.78, 5) is 4.51. The van der Waals surface area contributed by atoms with E-state index in [9.17, 15) is 0 Å². The van der Waals surface area contributed by atoms with Crippen LogP contribution in [0.5, 0.6) is 0 Å². The monoisotopic (exact) mass is 251 g/mol.